The van der Waals surface area contributed by atoms with Crippen LogP contribution in [0.4, 0.5) is 5.69 Å². The highest BCUT2D eigenvalue weighted by atomic mass is 32.2. The summed E-state index contributed by atoms with van der Waals surface area (Å²) in [4.78, 5) is 39.7. The van der Waals surface area contributed by atoms with Crippen LogP contribution in [0.25, 0.3) is 21.3 Å². The van der Waals surface area contributed by atoms with Crippen LogP contribution in [0.2, 0.25) is 0 Å². The molecule has 26 heavy (non-hydrogen) atoms. The molecule has 4 rings (SSSR count). The van der Waals surface area contributed by atoms with Gasteiger partial charge in [-0.1, -0.05) is 18.7 Å². The lowest BCUT2D eigenvalue weighted by molar-refractivity contribution is -0.113. The van der Waals surface area contributed by atoms with Crippen molar-refractivity contribution in [3.8, 4) is 0 Å². The Kier molecular flexibility index (Phi) is 4.48. The molecule has 0 atom stereocenters. The zero-order chi connectivity index (χ0) is 18.1. The highest BCUT2D eigenvalue weighted by molar-refractivity contribution is 8.00. The van der Waals surface area contributed by atoms with Crippen molar-refractivity contribution >= 4 is 55.9 Å². The summed E-state index contributed by atoms with van der Waals surface area (Å²) in [6.07, 6.45) is 2.49. The van der Waals surface area contributed by atoms with E-state index in [0.717, 1.165) is 21.7 Å². The number of amides is 1. The Balaban J connectivity index is 1.46. The van der Waals surface area contributed by atoms with Crippen molar-refractivity contribution in [2.24, 2.45) is 0 Å². The maximum Gasteiger partial charge on any atom is 0.323 e. The molecule has 3 heterocycles. The van der Waals surface area contributed by atoms with E-state index in [1.807, 2.05) is 0 Å². The number of hydrogen-bond donors (Lipinski definition) is 3. The van der Waals surface area contributed by atoms with Crippen LogP contribution < -0.4 is 11.0 Å². The van der Waals surface area contributed by atoms with Gasteiger partial charge in [0.1, 0.15) is 16.2 Å². The summed E-state index contributed by atoms with van der Waals surface area (Å²) in [5.74, 6) is 0.107. The second-order valence-electron chi connectivity index (χ2n) is 5.64. The van der Waals surface area contributed by atoms with Crippen molar-refractivity contribution in [3.05, 3.63) is 46.0 Å². The molecule has 0 bridgehead atoms. The number of aromatic nitrogens is 4. The number of thiophene rings is 1. The molecule has 3 aromatic heterocycles. The second-order valence-corrected chi connectivity index (χ2v) is 7.72. The Morgan fingerprint density at radius 1 is 1.23 bits per heavy atom. The van der Waals surface area contributed by atoms with Gasteiger partial charge in [0.25, 0.3) is 0 Å². The van der Waals surface area contributed by atoms with Crippen molar-refractivity contribution in [1.29, 1.82) is 0 Å². The van der Waals surface area contributed by atoms with E-state index in [2.05, 4.69) is 38.2 Å². The minimum absolute atomic E-state index is 0.134. The van der Waals surface area contributed by atoms with E-state index in [0.29, 0.717) is 16.7 Å². The number of carbonyl (C=O) groups is 1. The quantitative estimate of drug-likeness (QED) is 0.362. The van der Waals surface area contributed by atoms with Gasteiger partial charge in [0.2, 0.25) is 5.91 Å². The van der Waals surface area contributed by atoms with Gasteiger partial charge < -0.3 is 15.3 Å². The van der Waals surface area contributed by atoms with Gasteiger partial charge in [0.05, 0.1) is 16.8 Å². The van der Waals surface area contributed by atoms with E-state index in [1.165, 1.54) is 23.0 Å². The number of imidazole rings is 1. The molecular weight excluding hydrogens is 370 g/mol. The van der Waals surface area contributed by atoms with Crippen molar-refractivity contribution in [2.45, 2.75) is 18.4 Å². The first-order chi connectivity index (χ1) is 12.6. The number of anilines is 1. The van der Waals surface area contributed by atoms with Crippen LogP contribution in [-0.2, 0) is 11.2 Å². The lowest BCUT2D eigenvalue weighted by Crippen LogP contribution is -2.14. The first-order valence-electron chi connectivity index (χ1n) is 8.00. The molecule has 0 saturated heterocycles. The summed E-state index contributed by atoms with van der Waals surface area (Å²) in [6.45, 7) is 2.10. The summed E-state index contributed by atoms with van der Waals surface area (Å²) < 4.78 is 0. The number of aromatic amines is 2. The Morgan fingerprint density at radius 3 is 2.92 bits per heavy atom. The third kappa shape index (κ3) is 3.35. The fourth-order valence-electron chi connectivity index (χ4n) is 2.61. The number of thioether (sulfide) groups is 1. The predicted molar refractivity (Wildman–Crippen MR) is 105 cm³/mol. The normalized spacial score (nSPS) is 11.3. The lowest BCUT2D eigenvalue weighted by Gasteiger charge is -2.05. The number of nitrogens with zero attached hydrogens (tertiary/aromatic N) is 2. The number of benzene rings is 1. The molecule has 0 unspecified atom stereocenters. The molecule has 3 N–H and O–H groups in total. The molecule has 4 aromatic rings. The van der Waals surface area contributed by atoms with Gasteiger partial charge in [-0.25, -0.2) is 14.8 Å². The standard InChI is InChI=1S/C17H15N5O2S2/c1-2-10-6-11-15(18-8-19-16(11)26-10)25-7-14(23)20-9-3-4-12-13(5-9)22-17(24)21-12/h3-6,8H,2,7H2,1H3,(H,20,23)(H2,21,22,24). The fourth-order valence-corrected chi connectivity index (χ4v) is 4.39. The smallest absolute Gasteiger partial charge is 0.323 e. The second kappa shape index (κ2) is 6.93. The van der Waals surface area contributed by atoms with E-state index in [1.54, 1.807) is 29.5 Å². The highest BCUT2D eigenvalue weighted by Crippen LogP contribution is 2.31. The zero-order valence-corrected chi connectivity index (χ0v) is 15.5. The van der Waals surface area contributed by atoms with Crippen molar-refractivity contribution < 1.29 is 4.79 Å². The molecule has 0 aliphatic heterocycles. The molecule has 0 saturated carbocycles. The summed E-state index contributed by atoms with van der Waals surface area (Å²) in [5, 5.41) is 4.65. The number of rotatable bonds is 5. The van der Waals surface area contributed by atoms with E-state index < -0.39 is 0 Å². The minimum atomic E-state index is -0.269. The molecule has 132 valence electrons. The Labute approximate surface area is 156 Å². The summed E-state index contributed by atoms with van der Waals surface area (Å²) in [6, 6.07) is 7.33. The molecule has 0 aliphatic rings. The van der Waals surface area contributed by atoms with Gasteiger partial charge in [0.15, 0.2) is 0 Å². The van der Waals surface area contributed by atoms with Gasteiger partial charge in [-0.05, 0) is 30.7 Å². The van der Waals surface area contributed by atoms with Crippen LogP contribution >= 0.6 is 23.1 Å². The SMILES string of the molecule is CCc1cc2c(SCC(=O)Nc3ccc4[nH]c(=O)[nH]c4c3)ncnc2s1. The first-order valence-corrected chi connectivity index (χ1v) is 9.80. The zero-order valence-electron chi connectivity index (χ0n) is 13.8. The first kappa shape index (κ1) is 16.8. The van der Waals surface area contributed by atoms with Gasteiger partial charge in [-0.3, -0.25) is 4.79 Å². The van der Waals surface area contributed by atoms with Crippen LogP contribution in [0.5, 0.6) is 0 Å². The number of H-pyrrole nitrogens is 2. The molecule has 0 radical (unpaired) electrons. The molecule has 0 spiro atoms. The molecule has 1 amide bonds. The van der Waals surface area contributed by atoms with Crippen molar-refractivity contribution in [3.63, 3.8) is 0 Å². The van der Waals surface area contributed by atoms with E-state index in [9.17, 15) is 9.59 Å². The topological polar surface area (TPSA) is 104 Å². The highest BCUT2D eigenvalue weighted by Gasteiger charge is 2.11. The number of fused-ring (bicyclic) bond motifs is 2. The average Bonchev–Trinajstić information content (AvgIpc) is 3.21. The van der Waals surface area contributed by atoms with Crippen LogP contribution in [-0.4, -0.2) is 31.6 Å². The van der Waals surface area contributed by atoms with Gasteiger partial charge >= 0.3 is 5.69 Å². The molecule has 9 heteroatoms. The van der Waals surface area contributed by atoms with Crippen molar-refractivity contribution in [1.82, 2.24) is 19.9 Å². The van der Waals surface area contributed by atoms with Gasteiger partial charge in [-0.2, -0.15) is 0 Å². The average molecular weight is 385 g/mol. The third-order valence-corrected chi connectivity index (χ3v) is 6.02. The number of aryl methyl sites for hydroxylation is 1. The maximum absolute atomic E-state index is 12.3. The predicted octanol–water partition coefficient (Wildman–Crippen LogP) is 3.15. The van der Waals surface area contributed by atoms with Crippen LogP contribution in [0.1, 0.15) is 11.8 Å². The van der Waals surface area contributed by atoms with Gasteiger partial charge in [-0.15, -0.1) is 11.3 Å². The van der Waals surface area contributed by atoms with Crippen LogP contribution in [0, 0.1) is 0 Å². The van der Waals surface area contributed by atoms with Crippen molar-refractivity contribution in [2.75, 3.05) is 11.1 Å². The summed E-state index contributed by atoms with van der Waals surface area (Å²) in [5.41, 5.74) is 1.72. The maximum atomic E-state index is 12.3. The Hall–Kier alpha value is -2.65. The Morgan fingerprint density at radius 2 is 2.08 bits per heavy atom. The summed E-state index contributed by atoms with van der Waals surface area (Å²) in [7, 11) is 0. The largest absolute Gasteiger partial charge is 0.325 e. The monoisotopic (exact) mass is 385 g/mol. The lowest BCUT2D eigenvalue weighted by atomic mass is 10.3. The number of hydrogen-bond acceptors (Lipinski definition) is 6. The van der Waals surface area contributed by atoms with Gasteiger partial charge in [0, 0.05) is 16.0 Å². The molecule has 0 aliphatic carbocycles. The number of nitrogens with one attached hydrogen (secondary N) is 3. The molecular formula is C17H15N5O2S2. The number of carbonyl (C=O) groups excluding carboxylic acids is 1. The molecule has 0 fully saturated rings. The van der Waals surface area contributed by atoms with E-state index in [4.69, 9.17) is 0 Å². The molecule has 7 nitrogen and oxygen atoms in total. The van der Waals surface area contributed by atoms with Crippen LogP contribution in [0.15, 0.2) is 40.4 Å². The fraction of sp³-hybridized carbons (Fsp3) is 0.176. The summed E-state index contributed by atoms with van der Waals surface area (Å²) >= 11 is 3.04. The van der Waals surface area contributed by atoms with E-state index in [-0.39, 0.29) is 17.3 Å². The Bertz CT molecular complexity index is 1160. The van der Waals surface area contributed by atoms with Crippen LogP contribution in [0.3, 0.4) is 0 Å². The molecule has 1 aromatic carbocycles. The van der Waals surface area contributed by atoms with E-state index >= 15 is 0 Å². The minimum Gasteiger partial charge on any atom is -0.325 e. The third-order valence-electron chi connectivity index (χ3n) is 3.83.